The van der Waals surface area contributed by atoms with Crippen molar-refractivity contribution in [3.05, 3.63) is 56.6 Å². The van der Waals surface area contributed by atoms with Crippen molar-refractivity contribution in [3.8, 4) is 11.1 Å². The van der Waals surface area contributed by atoms with E-state index in [0.29, 0.717) is 11.1 Å². The van der Waals surface area contributed by atoms with Crippen molar-refractivity contribution in [2.75, 3.05) is 0 Å². The molecule has 0 fully saturated rings. The summed E-state index contributed by atoms with van der Waals surface area (Å²) in [5.41, 5.74) is 0.856. The number of cyclic esters (lactones) is 4. The third-order valence-electron chi connectivity index (χ3n) is 3.76. The number of carbonyl (C=O) groups is 4. The molecule has 0 spiro atoms. The van der Waals surface area contributed by atoms with Gasteiger partial charge in [-0.1, -0.05) is 23.2 Å². The van der Waals surface area contributed by atoms with Gasteiger partial charge in [-0.05, 0) is 24.3 Å². The van der Waals surface area contributed by atoms with Crippen molar-refractivity contribution >= 4 is 47.1 Å². The van der Waals surface area contributed by atoms with E-state index in [9.17, 15) is 19.2 Å². The summed E-state index contributed by atoms with van der Waals surface area (Å²) in [7, 11) is 0. The molecule has 0 amide bonds. The zero-order valence-electron chi connectivity index (χ0n) is 11.5. The lowest BCUT2D eigenvalue weighted by atomic mass is 9.97. The summed E-state index contributed by atoms with van der Waals surface area (Å²) in [6.45, 7) is 0. The summed E-state index contributed by atoms with van der Waals surface area (Å²) < 4.78 is 9.05. The Labute approximate surface area is 143 Å². The highest BCUT2D eigenvalue weighted by atomic mass is 35.5. The first-order chi connectivity index (χ1) is 11.4. The highest BCUT2D eigenvalue weighted by Gasteiger charge is 2.34. The number of esters is 4. The van der Waals surface area contributed by atoms with Crippen LogP contribution in [0, 0.1) is 0 Å². The Balaban J connectivity index is 1.95. The Morgan fingerprint density at radius 3 is 1.12 bits per heavy atom. The predicted molar refractivity (Wildman–Crippen MR) is 81.4 cm³/mol. The molecule has 2 aromatic carbocycles. The van der Waals surface area contributed by atoms with E-state index in [-0.39, 0.29) is 32.3 Å². The van der Waals surface area contributed by atoms with E-state index in [2.05, 4.69) is 9.47 Å². The lowest BCUT2D eigenvalue weighted by molar-refractivity contribution is 0.0425. The fourth-order valence-electron chi connectivity index (χ4n) is 2.62. The van der Waals surface area contributed by atoms with Crippen LogP contribution in [0.4, 0.5) is 0 Å². The van der Waals surface area contributed by atoms with Crippen molar-refractivity contribution in [2.24, 2.45) is 0 Å². The third kappa shape index (κ3) is 1.97. The second-order valence-corrected chi connectivity index (χ2v) is 5.92. The van der Waals surface area contributed by atoms with Gasteiger partial charge in [-0.15, -0.1) is 0 Å². The van der Waals surface area contributed by atoms with Gasteiger partial charge in [0.1, 0.15) is 0 Å². The maximum absolute atomic E-state index is 11.7. The molecule has 0 atom stereocenters. The number of hydrogen-bond acceptors (Lipinski definition) is 6. The van der Waals surface area contributed by atoms with Gasteiger partial charge in [-0.3, -0.25) is 0 Å². The van der Waals surface area contributed by atoms with E-state index >= 15 is 0 Å². The van der Waals surface area contributed by atoms with E-state index in [0.717, 1.165) is 0 Å². The molecule has 0 aromatic heterocycles. The Bertz CT molecular complexity index is 927. The SMILES string of the molecule is O=C1OC(=O)c2cc(-c3cc4c(cc3Cl)C(=O)OC4=O)c(Cl)cc21. The second kappa shape index (κ2) is 4.90. The molecule has 0 unspecified atom stereocenters. The molecule has 6 nitrogen and oxygen atoms in total. The standard InChI is InChI=1S/C16H4Cl2O6/c17-11-3-9-7(13(19)23-15(9)21)1-5(11)6-2-8-10(4-12(6)18)16(22)24-14(8)20/h1-4H. The van der Waals surface area contributed by atoms with Crippen LogP contribution in [-0.2, 0) is 9.47 Å². The van der Waals surface area contributed by atoms with Crippen LogP contribution in [0.1, 0.15) is 41.4 Å². The summed E-state index contributed by atoms with van der Waals surface area (Å²) >= 11 is 12.4. The molecule has 2 heterocycles. The lowest BCUT2D eigenvalue weighted by Gasteiger charge is -2.09. The zero-order chi connectivity index (χ0) is 17.2. The molecule has 2 aliphatic rings. The van der Waals surface area contributed by atoms with Crippen LogP contribution >= 0.6 is 23.2 Å². The normalized spacial score (nSPS) is 15.2. The van der Waals surface area contributed by atoms with Crippen LogP contribution in [0.3, 0.4) is 0 Å². The molecule has 0 bridgehead atoms. The Morgan fingerprint density at radius 1 is 0.500 bits per heavy atom. The highest BCUT2D eigenvalue weighted by Crippen LogP contribution is 2.39. The van der Waals surface area contributed by atoms with E-state index in [1.54, 1.807) is 0 Å². The van der Waals surface area contributed by atoms with Gasteiger partial charge in [-0.25, -0.2) is 19.2 Å². The molecule has 0 radical (unpaired) electrons. The van der Waals surface area contributed by atoms with Crippen molar-refractivity contribution in [1.29, 1.82) is 0 Å². The van der Waals surface area contributed by atoms with Crippen LogP contribution in [0.15, 0.2) is 24.3 Å². The molecule has 8 heteroatoms. The third-order valence-corrected chi connectivity index (χ3v) is 4.38. The first kappa shape index (κ1) is 14.9. The number of rotatable bonds is 1. The predicted octanol–water partition coefficient (Wildman–Crippen LogP) is 3.28. The quantitative estimate of drug-likeness (QED) is 0.571. The van der Waals surface area contributed by atoms with E-state index in [4.69, 9.17) is 23.2 Å². The smallest absolute Gasteiger partial charge is 0.346 e. The summed E-state index contributed by atoms with van der Waals surface area (Å²) in [6, 6.07) is 5.32. The molecular weight excluding hydrogens is 359 g/mol. The number of carbonyl (C=O) groups excluding carboxylic acids is 4. The number of fused-ring (bicyclic) bond motifs is 2. The molecule has 0 saturated heterocycles. The van der Waals surface area contributed by atoms with Crippen molar-refractivity contribution in [3.63, 3.8) is 0 Å². The van der Waals surface area contributed by atoms with Gasteiger partial charge >= 0.3 is 23.9 Å². The highest BCUT2D eigenvalue weighted by molar-refractivity contribution is 6.38. The summed E-state index contributed by atoms with van der Waals surface area (Å²) in [5.74, 6) is -3.14. The van der Waals surface area contributed by atoms with E-state index in [1.807, 2.05) is 0 Å². The first-order valence-electron chi connectivity index (χ1n) is 6.57. The molecule has 2 aromatic rings. The van der Waals surface area contributed by atoms with Gasteiger partial charge < -0.3 is 9.47 Å². The Hall–Kier alpha value is -2.70. The fraction of sp³-hybridized carbons (Fsp3) is 0. The number of halogens is 2. The largest absolute Gasteiger partial charge is 0.386 e. The summed E-state index contributed by atoms with van der Waals surface area (Å²) in [4.78, 5) is 46.5. The van der Waals surface area contributed by atoms with Crippen molar-refractivity contribution < 1.29 is 28.7 Å². The molecule has 0 aliphatic carbocycles. The minimum Gasteiger partial charge on any atom is -0.386 e. The van der Waals surface area contributed by atoms with Gasteiger partial charge in [-0.2, -0.15) is 0 Å². The Morgan fingerprint density at radius 2 is 0.792 bits per heavy atom. The topological polar surface area (TPSA) is 86.7 Å². The minimum absolute atomic E-state index is 0.0506. The number of benzene rings is 2. The fourth-order valence-corrected chi connectivity index (χ4v) is 3.15. The second-order valence-electron chi connectivity index (χ2n) is 5.11. The van der Waals surface area contributed by atoms with Gasteiger partial charge in [0.2, 0.25) is 0 Å². The molecule has 0 saturated carbocycles. The maximum atomic E-state index is 11.7. The molecular formula is C16H4Cl2O6. The monoisotopic (exact) mass is 362 g/mol. The summed E-state index contributed by atoms with van der Waals surface area (Å²) in [5, 5.41) is 0.278. The minimum atomic E-state index is -0.792. The van der Waals surface area contributed by atoms with Crippen molar-refractivity contribution in [1.82, 2.24) is 0 Å². The Kier molecular flexibility index (Phi) is 3.03. The molecule has 2 aliphatic heterocycles. The first-order valence-corrected chi connectivity index (χ1v) is 7.33. The molecule has 118 valence electrons. The summed E-state index contributed by atoms with van der Waals surface area (Å²) in [6.07, 6.45) is 0. The zero-order valence-corrected chi connectivity index (χ0v) is 13.0. The van der Waals surface area contributed by atoms with Gasteiger partial charge in [0.15, 0.2) is 0 Å². The lowest BCUT2D eigenvalue weighted by Crippen LogP contribution is -1.97. The van der Waals surface area contributed by atoms with Crippen LogP contribution in [0.25, 0.3) is 11.1 Å². The average Bonchev–Trinajstić information content (AvgIpc) is 2.95. The van der Waals surface area contributed by atoms with Crippen LogP contribution < -0.4 is 0 Å². The van der Waals surface area contributed by atoms with Gasteiger partial charge in [0.05, 0.1) is 22.3 Å². The maximum Gasteiger partial charge on any atom is 0.346 e. The van der Waals surface area contributed by atoms with Crippen molar-refractivity contribution in [2.45, 2.75) is 0 Å². The van der Waals surface area contributed by atoms with Crippen LogP contribution in [0.2, 0.25) is 10.0 Å². The molecule has 24 heavy (non-hydrogen) atoms. The average molecular weight is 363 g/mol. The van der Waals surface area contributed by atoms with Gasteiger partial charge in [0.25, 0.3) is 0 Å². The van der Waals surface area contributed by atoms with E-state index < -0.39 is 23.9 Å². The number of hydrogen-bond donors (Lipinski definition) is 0. The molecule has 0 N–H and O–H groups in total. The van der Waals surface area contributed by atoms with Crippen LogP contribution in [0.5, 0.6) is 0 Å². The number of ether oxygens (including phenoxy) is 2. The van der Waals surface area contributed by atoms with Crippen LogP contribution in [-0.4, -0.2) is 23.9 Å². The van der Waals surface area contributed by atoms with E-state index in [1.165, 1.54) is 24.3 Å². The van der Waals surface area contributed by atoms with Gasteiger partial charge in [0, 0.05) is 21.2 Å². The molecule has 4 rings (SSSR count).